The fourth-order valence-electron chi connectivity index (χ4n) is 1.98. The van der Waals surface area contributed by atoms with Crippen molar-refractivity contribution >= 4 is 23.6 Å². The van der Waals surface area contributed by atoms with Crippen LogP contribution in [0.25, 0.3) is 6.08 Å². The van der Waals surface area contributed by atoms with E-state index in [9.17, 15) is 9.59 Å². The minimum atomic E-state index is -0.444. The summed E-state index contributed by atoms with van der Waals surface area (Å²) in [5.41, 5.74) is 1.40. The van der Waals surface area contributed by atoms with E-state index in [-0.39, 0.29) is 18.1 Å². The van der Waals surface area contributed by atoms with Gasteiger partial charge >= 0.3 is 0 Å². The molecule has 0 aliphatic carbocycles. The van der Waals surface area contributed by atoms with Crippen LogP contribution in [-0.4, -0.2) is 25.5 Å². The van der Waals surface area contributed by atoms with E-state index in [0.29, 0.717) is 17.0 Å². The Labute approximate surface area is 145 Å². The molecule has 0 saturated heterocycles. The molecule has 2 amide bonds. The molecule has 126 valence electrons. The van der Waals surface area contributed by atoms with Gasteiger partial charge in [0.1, 0.15) is 17.4 Å². The van der Waals surface area contributed by atoms with Gasteiger partial charge in [-0.1, -0.05) is 30.3 Å². The maximum atomic E-state index is 11.8. The number of para-hydroxylation sites is 1. The van der Waals surface area contributed by atoms with Crippen molar-refractivity contribution in [3.8, 4) is 11.8 Å². The lowest BCUT2D eigenvalue weighted by Gasteiger charge is -2.07. The van der Waals surface area contributed by atoms with Gasteiger partial charge in [-0.2, -0.15) is 5.26 Å². The fraction of sp³-hybridized carbons (Fsp3) is 0.105. The second-order valence-electron chi connectivity index (χ2n) is 5.02. The summed E-state index contributed by atoms with van der Waals surface area (Å²) < 4.78 is 5.42. The quantitative estimate of drug-likeness (QED) is 0.626. The Kier molecular flexibility index (Phi) is 6.32. The van der Waals surface area contributed by atoms with Crippen LogP contribution >= 0.6 is 0 Å². The van der Waals surface area contributed by atoms with Gasteiger partial charge in [-0.15, -0.1) is 0 Å². The predicted molar refractivity (Wildman–Crippen MR) is 94.7 cm³/mol. The molecular formula is C19H17N3O3. The minimum absolute atomic E-state index is 0.0124. The van der Waals surface area contributed by atoms with Crippen LogP contribution in [0.5, 0.6) is 5.75 Å². The van der Waals surface area contributed by atoms with Crippen LogP contribution in [0.15, 0.2) is 60.2 Å². The Morgan fingerprint density at radius 3 is 2.40 bits per heavy atom. The average molecular weight is 335 g/mol. The van der Waals surface area contributed by atoms with Gasteiger partial charge in [-0.05, 0) is 35.9 Å². The molecule has 0 atom stereocenters. The monoisotopic (exact) mass is 335 g/mol. The third-order valence-corrected chi connectivity index (χ3v) is 3.21. The van der Waals surface area contributed by atoms with Gasteiger partial charge in [-0.25, -0.2) is 0 Å². The van der Waals surface area contributed by atoms with Crippen molar-refractivity contribution in [1.82, 2.24) is 5.32 Å². The number of amides is 2. The van der Waals surface area contributed by atoms with E-state index in [4.69, 9.17) is 10.00 Å². The summed E-state index contributed by atoms with van der Waals surface area (Å²) in [4.78, 5) is 23.3. The first-order chi connectivity index (χ1) is 12.1. The molecule has 0 spiro atoms. The smallest absolute Gasteiger partial charge is 0.262 e. The highest BCUT2D eigenvalue weighted by atomic mass is 16.5. The molecule has 2 aromatic carbocycles. The van der Waals surface area contributed by atoms with Gasteiger partial charge in [0, 0.05) is 12.7 Å². The zero-order valence-electron chi connectivity index (χ0n) is 13.7. The molecule has 6 heteroatoms. The van der Waals surface area contributed by atoms with Gasteiger partial charge in [0.2, 0.25) is 0 Å². The van der Waals surface area contributed by atoms with Crippen molar-refractivity contribution in [2.75, 3.05) is 19.0 Å². The molecular weight excluding hydrogens is 318 g/mol. The predicted octanol–water partition coefficient (Wildman–Crippen LogP) is 2.36. The number of nitrogens with one attached hydrogen (secondary N) is 2. The number of benzene rings is 2. The molecule has 0 heterocycles. The number of anilines is 1. The molecule has 0 aliphatic rings. The number of carbonyl (C=O) groups is 2. The van der Waals surface area contributed by atoms with Crippen LogP contribution in [-0.2, 0) is 9.59 Å². The molecule has 0 bridgehead atoms. The Bertz CT molecular complexity index is 806. The van der Waals surface area contributed by atoms with E-state index in [1.807, 2.05) is 24.3 Å². The summed E-state index contributed by atoms with van der Waals surface area (Å²) in [6, 6.07) is 17.7. The van der Waals surface area contributed by atoms with Crippen molar-refractivity contribution in [2.24, 2.45) is 0 Å². The van der Waals surface area contributed by atoms with Gasteiger partial charge in [0.15, 0.2) is 6.61 Å². The maximum Gasteiger partial charge on any atom is 0.262 e. The Morgan fingerprint density at radius 2 is 1.80 bits per heavy atom. The van der Waals surface area contributed by atoms with Gasteiger partial charge in [0.25, 0.3) is 11.8 Å². The van der Waals surface area contributed by atoms with E-state index in [0.717, 1.165) is 0 Å². The number of likely N-dealkylation sites (N-methyl/N-ethyl adjacent to an activating group) is 1. The lowest BCUT2D eigenvalue weighted by atomic mass is 10.1. The van der Waals surface area contributed by atoms with Crippen LogP contribution in [0.1, 0.15) is 5.56 Å². The second-order valence-corrected chi connectivity index (χ2v) is 5.02. The standard InChI is InChI=1S/C19H17N3O3/c1-21-19(24)15(12-20)11-14-7-9-17(10-8-14)25-13-18(23)22-16-5-3-2-4-6-16/h2-11H,13H2,1H3,(H,21,24)(H,22,23)/b15-11+. The molecule has 0 fully saturated rings. The van der Waals surface area contributed by atoms with Crippen LogP contribution in [0, 0.1) is 11.3 Å². The van der Waals surface area contributed by atoms with Crippen molar-refractivity contribution in [1.29, 1.82) is 5.26 Å². The summed E-state index contributed by atoms with van der Waals surface area (Å²) >= 11 is 0. The first kappa shape index (κ1) is 17.8. The van der Waals surface area contributed by atoms with Gasteiger partial charge < -0.3 is 15.4 Å². The topological polar surface area (TPSA) is 91.2 Å². The Hall–Kier alpha value is -3.59. The highest BCUT2D eigenvalue weighted by Crippen LogP contribution is 2.15. The molecule has 2 N–H and O–H groups in total. The maximum absolute atomic E-state index is 11.8. The normalized spacial score (nSPS) is 10.5. The third-order valence-electron chi connectivity index (χ3n) is 3.21. The number of nitrogens with zero attached hydrogens (tertiary/aromatic N) is 1. The largest absolute Gasteiger partial charge is 0.484 e. The SMILES string of the molecule is CNC(=O)/C(C#N)=C/c1ccc(OCC(=O)Nc2ccccc2)cc1. The first-order valence-electron chi connectivity index (χ1n) is 7.54. The van der Waals surface area contributed by atoms with E-state index >= 15 is 0 Å². The van der Waals surface area contributed by atoms with Gasteiger partial charge in [-0.3, -0.25) is 9.59 Å². The molecule has 2 aromatic rings. The Balaban J connectivity index is 1.92. The number of ether oxygens (including phenoxy) is 1. The molecule has 2 rings (SSSR count). The number of hydrogen-bond acceptors (Lipinski definition) is 4. The van der Waals surface area contributed by atoms with E-state index < -0.39 is 5.91 Å². The molecule has 0 aromatic heterocycles. The summed E-state index contributed by atoms with van der Waals surface area (Å²) in [5, 5.41) is 14.1. The first-order valence-corrected chi connectivity index (χ1v) is 7.54. The summed E-state index contributed by atoms with van der Waals surface area (Å²) in [6.45, 7) is -0.119. The average Bonchev–Trinajstić information content (AvgIpc) is 2.65. The molecule has 25 heavy (non-hydrogen) atoms. The van der Waals surface area contributed by atoms with Crippen LogP contribution < -0.4 is 15.4 Å². The molecule has 6 nitrogen and oxygen atoms in total. The van der Waals surface area contributed by atoms with Crippen LogP contribution in [0.4, 0.5) is 5.69 Å². The highest BCUT2D eigenvalue weighted by molar-refractivity contribution is 6.01. The Morgan fingerprint density at radius 1 is 1.12 bits per heavy atom. The number of carbonyl (C=O) groups excluding carboxylic acids is 2. The lowest BCUT2D eigenvalue weighted by Crippen LogP contribution is -2.20. The summed E-state index contributed by atoms with van der Waals surface area (Å²) in [5.74, 6) is -0.194. The van der Waals surface area contributed by atoms with E-state index in [2.05, 4.69) is 10.6 Å². The third kappa shape index (κ3) is 5.52. The van der Waals surface area contributed by atoms with Gasteiger partial charge in [0.05, 0.1) is 0 Å². The van der Waals surface area contributed by atoms with Crippen LogP contribution in [0.3, 0.4) is 0 Å². The fourth-order valence-corrected chi connectivity index (χ4v) is 1.98. The van der Waals surface area contributed by atoms with E-state index in [1.54, 1.807) is 36.4 Å². The molecule has 0 aliphatic heterocycles. The number of hydrogen-bond donors (Lipinski definition) is 2. The molecule has 0 saturated carbocycles. The highest BCUT2D eigenvalue weighted by Gasteiger charge is 2.06. The van der Waals surface area contributed by atoms with Crippen molar-refractivity contribution < 1.29 is 14.3 Å². The zero-order valence-corrected chi connectivity index (χ0v) is 13.7. The number of rotatable bonds is 6. The minimum Gasteiger partial charge on any atom is -0.484 e. The van der Waals surface area contributed by atoms with E-state index in [1.165, 1.54) is 13.1 Å². The zero-order chi connectivity index (χ0) is 18.1. The second kappa shape index (κ2) is 8.89. The molecule has 0 radical (unpaired) electrons. The summed E-state index contributed by atoms with van der Waals surface area (Å²) in [6.07, 6.45) is 1.48. The molecule has 0 unspecified atom stereocenters. The van der Waals surface area contributed by atoms with Crippen molar-refractivity contribution in [3.05, 3.63) is 65.7 Å². The number of nitriles is 1. The van der Waals surface area contributed by atoms with Crippen molar-refractivity contribution in [3.63, 3.8) is 0 Å². The van der Waals surface area contributed by atoms with Crippen molar-refractivity contribution in [2.45, 2.75) is 0 Å². The summed E-state index contributed by atoms with van der Waals surface area (Å²) in [7, 11) is 1.46. The lowest BCUT2D eigenvalue weighted by molar-refractivity contribution is -0.118. The van der Waals surface area contributed by atoms with Crippen LogP contribution in [0.2, 0.25) is 0 Å².